The van der Waals surface area contributed by atoms with Crippen molar-refractivity contribution in [3.8, 4) is 0 Å². The van der Waals surface area contributed by atoms with Gasteiger partial charge in [-0.1, -0.05) is 19.1 Å². The van der Waals surface area contributed by atoms with Crippen molar-refractivity contribution >= 4 is 17.1 Å². The summed E-state index contributed by atoms with van der Waals surface area (Å²) in [6.07, 6.45) is 0.828. The summed E-state index contributed by atoms with van der Waals surface area (Å²) in [4.78, 5) is 34.1. The van der Waals surface area contributed by atoms with Gasteiger partial charge in [-0.2, -0.15) is 0 Å². The van der Waals surface area contributed by atoms with Crippen LogP contribution < -0.4 is 16.1 Å². The van der Waals surface area contributed by atoms with Crippen LogP contribution in [0.2, 0.25) is 0 Å². The quantitative estimate of drug-likeness (QED) is 0.378. The molecule has 0 aliphatic carbocycles. The van der Waals surface area contributed by atoms with Gasteiger partial charge < -0.3 is 4.90 Å². The summed E-state index contributed by atoms with van der Waals surface area (Å²) in [6.45, 7) is 5.47. The zero-order valence-electron chi connectivity index (χ0n) is 20.8. The lowest BCUT2D eigenvalue weighted by Gasteiger charge is -2.38. The lowest BCUT2D eigenvalue weighted by Crippen LogP contribution is -2.48. The Hall–Kier alpha value is -3.87. The maximum Gasteiger partial charge on any atom is 0.332 e. The molecule has 4 heterocycles. The van der Waals surface area contributed by atoms with Gasteiger partial charge in [0.1, 0.15) is 5.82 Å². The molecule has 0 bridgehead atoms. The molecule has 4 aromatic rings. The minimum atomic E-state index is -0.396. The van der Waals surface area contributed by atoms with E-state index >= 15 is 0 Å². The van der Waals surface area contributed by atoms with Gasteiger partial charge in [-0.25, -0.2) is 18.9 Å². The van der Waals surface area contributed by atoms with Crippen molar-refractivity contribution in [2.24, 2.45) is 21.1 Å². The number of aryl methyl sites for hydroxylation is 2. The summed E-state index contributed by atoms with van der Waals surface area (Å²) in [5.74, 6) is 1.16. The van der Waals surface area contributed by atoms with E-state index in [2.05, 4.69) is 37.2 Å². The van der Waals surface area contributed by atoms with Crippen LogP contribution in [0.25, 0.3) is 11.2 Å². The summed E-state index contributed by atoms with van der Waals surface area (Å²) >= 11 is 0. The van der Waals surface area contributed by atoms with E-state index in [1.807, 2.05) is 11.6 Å². The Balaban J connectivity index is 1.35. The summed E-state index contributed by atoms with van der Waals surface area (Å²) in [6, 6.07) is 6.37. The van der Waals surface area contributed by atoms with Crippen LogP contribution in [0.3, 0.4) is 0 Å². The molecule has 0 radical (unpaired) electrons. The highest BCUT2D eigenvalue weighted by Gasteiger charge is 2.30. The first kappa shape index (κ1) is 23.9. The molecule has 3 aromatic heterocycles. The maximum absolute atomic E-state index is 13.3. The molecule has 0 amide bonds. The predicted molar refractivity (Wildman–Crippen MR) is 131 cm³/mol. The number of rotatable bonds is 6. The van der Waals surface area contributed by atoms with Gasteiger partial charge in [-0.05, 0) is 34.5 Å². The number of halogens is 1. The van der Waals surface area contributed by atoms with Crippen LogP contribution >= 0.6 is 0 Å². The smallest absolute Gasteiger partial charge is 0.332 e. The summed E-state index contributed by atoms with van der Waals surface area (Å²) in [5, 5.41) is 12.4. The van der Waals surface area contributed by atoms with Gasteiger partial charge in [0.05, 0.1) is 12.6 Å². The number of fused-ring (bicyclic) bond motifs is 1. The van der Waals surface area contributed by atoms with E-state index in [4.69, 9.17) is 0 Å². The second-order valence-corrected chi connectivity index (χ2v) is 9.12. The number of aromatic nitrogens is 8. The Kier molecular flexibility index (Phi) is 6.16. The molecule has 13 heteroatoms. The molecule has 1 aliphatic heterocycles. The molecule has 0 spiro atoms. The van der Waals surface area contributed by atoms with Crippen molar-refractivity contribution in [1.29, 1.82) is 0 Å². The third-order valence-corrected chi connectivity index (χ3v) is 6.97. The molecule has 1 saturated heterocycles. The van der Waals surface area contributed by atoms with Gasteiger partial charge in [0.15, 0.2) is 17.0 Å². The monoisotopic (exact) mass is 496 g/mol. The average molecular weight is 497 g/mol. The highest BCUT2D eigenvalue weighted by Crippen LogP contribution is 2.26. The van der Waals surface area contributed by atoms with Crippen LogP contribution in [0.15, 0.2) is 33.9 Å². The maximum atomic E-state index is 13.3. The molecule has 1 aromatic carbocycles. The number of piperazine rings is 1. The third-order valence-electron chi connectivity index (χ3n) is 6.97. The highest BCUT2D eigenvalue weighted by atomic mass is 19.1. The molecular formula is C23H29FN10O2. The van der Waals surface area contributed by atoms with Crippen molar-refractivity contribution in [3.05, 3.63) is 62.3 Å². The minimum Gasteiger partial charge on any atom is -0.340 e. The number of nitrogens with zero attached hydrogens (tertiary/aromatic N) is 10. The zero-order valence-corrected chi connectivity index (χ0v) is 20.8. The van der Waals surface area contributed by atoms with Crippen molar-refractivity contribution < 1.29 is 4.39 Å². The zero-order chi connectivity index (χ0) is 25.6. The van der Waals surface area contributed by atoms with Gasteiger partial charge in [0.2, 0.25) is 5.95 Å². The van der Waals surface area contributed by atoms with E-state index in [0.29, 0.717) is 31.2 Å². The number of hydrogen-bond donors (Lipinski definition) is 0. The minimum absolute atomic E-state index is 0.0242. The molecular weight excluding hydrogens is 467 g/mol. The van der Waals surface area contributed by atoms with E-state index in [1.165, 1.54) is 23.7 Å². The van der Waals surface area contributed by atoms with E-state index < -0.39 is 5.56 Å². The Labute approximate surface area is 206 Å². The Morgan fingerprint density at radius 1 is 0.972 bits per heavy atom. The first-order chi connectivity index (χ1) is 17.3. The van der Waals surface area contributed by atoms with Gasteiger partial charge >= 0.3 is 5.69 Å². The van der Waals surface area contributed by atoms with Gasteiger partial charge in [-0.15, -0.1) is 5.10 Å². The third kappa shape index (κ3) is 3.98. The lowest BCUT2D eigenvalue weighted by atomic mass is 10.1. The molecule has 36 heavy (non-hydrogen) atoms. The standard InChI is InChI=1S/C23H29FN10O2/c1-5-17(19-26-27-28-34(19)14-15-6-8-16(24)9-7-15)32-10-12-33(13-11-32)22-25-18-20(29(22)2)30(3)23(36)31(4)21(18)35/h6-9,17H,5,10-14H2,1-4H3. The molecule has 1 unspecified atom stereocenters. The Morgan fingerprint density at radius 2 is 1.67 bits per heavy atom. The molecule has 0 saturated carbocycles. The van der Waals surface area contributed by atoms with Gasteiger partial charge in [0.25, 0.3) is 5.56 Å². The van der Waals surface area contributed by atoms with Crippen LogP contribution in [-0.4, -0.2) is 70.0 Å². The fraction of sp³-hybridized carbons (Fsp3) is 0.478. The van der Waals surface area contributed by atoms with E-state index in [-0.39, 0.29) is 23.1 Å². The van der Waals surface area contributed by atoms with E-state index in [1.54, 1.807) is 23.9 Å². The SMILES string of the molecule is CCC(c1nnnn1Cc1ccc(F)cc1)N1CCN(c2nc3c(=O)n(C)c(=O)n(C)c3n2C)CC1. The van der Waals surface area contributed by atoms with Crippen molar-refractivity contribution in [1.82, 2.24) is 43.8 Å². The first-order valence-corrected chi connectivity index (χ1v) is 11.9. The van der Waals surface area contributed by atoms with Crippen LogP contribution in [0.4, 0.5) is 10.3 Å². The molecule has 1 fully saturated rings. The summed E-state index contributed by atoms with van der Waals surface area (Å²) in [5.41, 5.74) is 0.938. The highest BCUT2D eigenvalue weighted by molar-refractivity contribution is 5.74. The molecule has 1 atom stereocenters. The number of tetrazole rings is 1. The number of hydrogen-bond acceptors (Lipinski definition) is 8. The summed E-state index contributed by atoms with van der Waals surface area (Å²) < 4.78 is 19.4. The summed E-state index contributed by atoms with van der Waals surface area (Å²) in [7, 11) is 4.94. The molecule has 1 aliphatic rings. The Bertz CT molecular complexity index is 1510. The Morgan fingerprint density at radius 3 is 2.33 bits per heavy atom. The van der Waals surface area contributed by atoms with Crippen LogP contribution in [0, 0.1) is 5.82 Å². The van der Waals surface area contributed by atoms with Gasteiger partial charge in [0, 0.05) is 47.3 Å². The second kappa shape index (κ2) is 9.30. The number of benzene rings is 1. The molecule has 5 rings (SSSR count). The number of imidazole rings is 1. The van der Waals surface area contributed by atoms with E-state index in [0.717, 1.165) is 35.5 Å². The van der Waals surface area contributed by atoms with Crippen LogP contribution in [-0.2, 0) is 27.7 Å². The molecule has 190 valence electrons. The van der Waals surface area contributed by atoms with E-state index in [9.17, 15) is 14.0 Å². The number of anilines is 1. The normalized spacial score (nSPS) is 15.6. The predicted octanol–water partition coefficient (Wildman–Crippen LogP) is 0.418. The van der Waals surface area contributed by atoms with Crippen molar-refractivity contribution in [2.45, 2.75) is 25.9 Å². The van der Waals surface area contributed by atoms with Gasteiger partial charge in [-0.3, -0.25) is 23.4 Å². The fourth-order valence-corrected chi connectivity index (χ4v) is 5.01. The molecule has 12 nitrogen and oxygen atoms in total. The fourth-order valence-electron chi connectivity index (χ4n) is 5.01. The van der Waals surface area contributed by atoms with Crippen molar-refractivity contribution in [3.63, 3.8) is 0 Å². The van der Waals surface area contributed by atoms with Crippen molar-refractivity contribution in [2.75, 3.05) is 31.1 Å². The topological polar surface area (TPSA) is 112 Å². The van der Waals surface area contributed by atoms with Crippen LogP contribution in [0.5, 0.6) is 0 Å². The first-order valence-electron chi connectivity index (χ1n) is 11.9. The average Bonchev–Trinajstić information content (AvgIpc) is 3.48. The lowest BCUT2D eigenvalue weighted by molar-refractivity contribution is 0.169. The largest absolute Gasteiger partial charge is 0.340 e. The van der Waals surface area contributed by atoms with Crippen LogP contribution in [0.1, 0.15) is 30.8 Å². The molecule has 0 N–H and O–H groups in total. The second-order valence-electron chi connectivity index (χ2n) is 9.12.